The van der Waals surface area contributed by atoms with E-state index >= 15 is 0 Å². The molecule has 0 aromatic carbocycles. The Bertz CT molecular complexity index is 1300. The van der Waals surface area contributed by atoms with Gasteiger partial charge in [-0.15, -0.1) is 0 Å². The van der Waals surface area contributed by atoms with Crippen molar-refractivity contribution in [2.24, 2.45) is 0 Å². The SMILES string of the molecule is CC/C=C/C=C/C=C/CCCCCCCC(=O)OCC(COC(=O)CCCCCCCCCCC/C=C/C/C=C/C/C=C/CC)OC(=O)CCCCCCCCC/C=C/C/C=C/CC. The molecular formula is C58H96O6. The highest BCUT2D eigenvalue weighted by Crippen LogP contribution is 2.14. The van der Waals surface area contributed by atoms with Crippen molar-refractivity contribution in [3.8, 4) is 0 Å². The predicted molar refractivity (Wildman–Crippen MR) is 274 cm³/mol. The summed E-state index contributed by atoms with van der Waals surface area (Å²) in [7, 11) is 0. The second kappa shape index (κ2) is 52.0. The highest BCUT2D eigenvalue weighted by Gasteiger charge is 2.19. The maximum atomic E-state index is 12.8. The first-order valence-electron chi connectivity index (χ1n) is 26.3. The van der Waals surface area contributed by atoms with E-state index in [2.05, 4.69) is 118 Å². The van der Waals surface area contributed by atoms with Crippen LogP contribution in [-0.4, -0.2) is 37.2 Å². The normalized spacial score (nSPS) is 12.9. The van der Waals surface area contributed by atoms with E-state index in [1.54, 1.807) is 0 Å². The Labute approximate surface area is 394 Å². The average molecular weight is 889 g/mol. The highest BCUT2D eigenvalue weighted by molar-refractivity contribution is 5.71. The van der Waals surface area contributed by atoms with Gasteiger partial charge in [0.2, 0.25) is 0 Å². The first-order valence-corrected chi connectivity index (χ1v) is 26.3. The Morgan fingerprint density at radius 1 is 0.328 bits per heavy atom. The third kappa shape index (κ3) is 49.3. The van der Waals surface area contributed by atoms with Crippen LogP contribution in [0.5, 0.6) is 0 Å². The van der Waals surface area contributed by atoms with Gasteiger partial charge in [0.1, 0.15) is 13.2 Å². The molecule has 0 N–H and O–H groups in total. The van der Waals surface area contributed by atoms with Gasteiger partial charge in [-0.1, -0.05) is 214 Å². The van der Waals surface area contributed by atoms with Crippen LogP contribution >= 0.6 is 0 Å². The fourth-order valence-corrected chi connectivity index (χ4v) is 7.02. The molecule has 364 valence electrons. The molecule has 1 atom stereocenters. The van der Waals surface area contributed by atoms with Gasteiger partial charge in [-0.3, -0.25) is 14.4 Å². The number of carbonyl (C=O) groups excluding carboxylic acids is 3. The van der Waals surface area contributed by atoms with Crippen LogP contribution in [0, 0.1) is 0 Å². The molecule has 6 heteroatoms. The molecule has 0 aliphatic rings. The Balaban J connectivity index is 4.40. The van der Waals surface area contributed by atoms with E-state index in [4.69, 9.17) is 14.2 Å². The predicted octanol–water partition coefficient (Wildman–Crippen LogP) is 17.4. The number of hydrogen-bond donors (Lipinski definition) is 0. The Morgan fingerprint density at radius 3 is 1.05 bits per heavy atom. The van der Waals surface area contributed by atoms with Crippen molar-refractivity contribution in [2.45, 2.75) is 239 Å². The van der Waals surface area contributed by atoms with E-state index in [0.29, 0.717) is 19.3 Å². The lowest BCUT2D eigenvalue weighted by atomic mass is 10.1. The molecule has 0 radical (unpaired) electrons. The molecule has 0 aliphatic carbocycles. The third-order valence-corrected chi connectivity index (χ3v) is 10.9. The smallest absolute Gasteiger partial charge is 0.306 e. The fraction of sp³-hybridized carbons (Fsp3) is 0.672. The summed E-state index contributed by atoms with van der Waals surface area (Å²) in [6.07, 6.45) is 68.2. The van der Waals surface area contributed by atoms with Crippen molar-refractivity contribution >= 4 is 17.9 Å². The van der Waals surface area contributed by atoms with E-state index in [9.17, 15) is 14.4 Å². The second-order valence-corrected chi connectivity index (χ2v) is 17.0. The van der Waals surface area contributed by atoms with E-state index in [0.717, 1.165) is 122 Å². The summed E-state index contributed by atoms with van der Waals surface area (Å²) in [5.41, 5.74) is 0. The number of unbranched alkanes of at least 4 members (excludes halogenated alkanes) is 21. The zero-order chi connectivity index (χ0) is 46.5. The van der Waals surface area contributed by atoms with Crippen LogP contribution in [0.3, 0.4) is 0 Å². The van der Waals surface area contributed by atoms with E-state index in [1.807, 2.05) is 0 Å². The van der Waals surface area contributed by atoms with Gasteiger partial charge in [0.15, 0.2) is 6.10 Å². The number of rotatable bonds is 46. The van der Waals surface area contributed by atoms with Crippen LogP contribution in [-0.2, 0) is 28.6 Å². The van der Waals surface area contributed by atoms with E-state index < -0.39 is 6.10 Å². The van der Waals surface area contributed by atoms with Gasteiger partial charge in [-0.25, -0.2) is 0 Å². The molecule has 0 spiro atoms. The van der Waals surface area contributed by atoms with Gasteiger partial charge in [-0.05, 0) is 96.3 Å². The maximum absolute atomic E-state index is 12.8. The molecule has 0 bridgehead atoms. The quantitative estimate of drug-likeness (QED) is 0.0199. The van der Waals surface area contributed by atoms with Crippen molar-refractivity contribution in [3.05, 3.63) is 97.2 Å². The standard InChI is InChI=1S/C58H96O6/c1-4-7-10-13-16-19-22-25-27-28-29-30-31-34-36-39-42-45-48-51-57(60)63-54-55(53-62-56(59)50-47-44-41-38-35-32-24-21-18-15-12-9-6-3)64-58(61)52-49-46-43-40-37-33-26-23-20-17-14-11-8-5-2/h7-12,15-21,24-25,27,55H,4-6,13-14,22-23,26,28-54H2,1-3H3/b10-7+,11-8+,12-9+,18-15+,19-16+,20-17+,24-21+,27-25+. The monoisotopic (exact) mass is 889 g/mol. The minimum absolute atomic E-state index is 0.0913. The summed E-state index contributed by atoms with van der Waals surface area (Å²) in [5, 5.41) is 0. The molecule has 0 saturated carbocycles. The van der Waals surface area contributed by atoms with Crippen molar-refractivity contribution in [1.82, 2.24) is 0 Å². The number of allylic oxidation sites excluding steroid dienone is 16. The highest BCUT2D eigenvalue weighted by atomic mass is 16.6. The van der Waals surface area contributed by atoms with Crippen molar-refractivity contribution in [2.75, 3.05) is 13.2 Å². The molecule has 6 nitrogen and oxygen atoms in total. The molecule has 0 saturated heterocycles. The van der Waals surface area contributed by atoms with Gasteiger partial charge in [-0.2, -0.15) is 0 Å². The molecule has 0 rings (SSSR count). The lowest BCUT2D eigenvalue weighted by molar-refractivity contribution is -0.167. The Kier molecular flexibility index (Phi) is 49.0. The summed E-state index contributed by atoms with van der Waals surface area (Å²) in [5.74, 6) is -0.928. The van der Waals surface area contributed by atoms with Crippen molar-refractivity contribution in [1.29, 1.82) is 0 Å². The molecule has 64 heavy (non-hydrogen) atoms. The molecule has 0 fully saturated rings. The third-order valence-electron chi connectivity index (χ3n) is 10.9. The molecule has 0 aromatic rings. The first kappa shape index (κ1) is 60.3. The summed E-state index contributed by atoms with van der Waals surface area (Å²) in [4.78, 5) is 38.0. The second-order valence-electron chi connectivity index (χ2n) is 17.0. The lowest BCUT2D eigenvalue weighted by Crippen LogP contribution is -2.30. The fourth-order valence-electron chi connectivity index (χ4n) is 7.02. The molecule has 0 aromatic heterocycles. The minimum Gasteiger partial charge on any atom is -0.462 e. The molecular weight excluding hydrogens is 793 g/mol. The lowest BCUT2D eigenvalue weighted by Gasteiger charge is -2.18. The van der Waals surface area contributed by atoms with Crippen LogP contribution in [0.15, 0.2) is 97.2 Å². The Morgan fingerprint density at radius 2 is 0.641 bits per heavy atom. The van der Waals surface area contributed by atoms with Crippen LogP contribution in [0.2, 0.25) is 0 Å². The van der Waals surface area contributed by atoms with Gasteiger partial charge in [0, 0.05) is 19.3 Å². The minimum atomic E-state index is -0.793. The van der Waals surface area contributed by atoms with Crippen LogP contribution in [0.1, 0.15) is 233 Å². The topological polar surface area (TPSA) is 78.9 Å². The number of esters is 3. The van der Waals surface area contributed by atoms with Crippen molar-refractivity contribution < 1.29 is 28.6 Å². The zero-order valence-electron chi connectivity index (χ0n) is 41.5. The van der Waals surface area contributed by atoms with Gasteiger partial charge < -0.3 is 14.2 Å². The number of hydrogen-bond acceptors (Lipinski definition) is 6. The van der Waals surface area contributed by atoms with E-state index in [1.165, 1.54) is 70.6 Å². The maximum Gasteiger partial charge on any atom is 0.306 e. The zero-order valence-corrected chi connectivity index (χ0v) is 41.5. The first-order chi connectivity index (χ1) is 31.5. The Hall–Kier alpha value is -3.67. The molecule has 0 amide bonds. The number of carbonyl (C=O) groups is 3. The summed E-state index contributed by atoms with van der Waals surface area (Å²) < 4.78 is 16.8. The van der Waals surface area contributed by atoms with Crippen LogP contribution < -0.4 is 0 Å². The molecule has 0 heterocycles. The number of ether oxygens (including phenoxy) is 3. The summed E-state index contributed by atoms with van der Waals surface area (Å²) >= 11 is 0. The van der Waals surface area contributed by atoms with Gasteiger partial charge >= 0.3 is 17.9 Å². The van der Waals surface area contributed by atoms with Crippen LogP contribution in [0.4, 0.5) is 0 Å². The van der Waals surface area contributed by atoms with Crippen molar-refractivity contribution in [3.63, 3.8) is 0 Å². The average Bonchev–Trinajstić information content (AvgIpc) is 3.29. The van der Waals surface area contributed by atoms with Gasteiger partial charge in [0.25, 0.3) is 0 Å². The summed E-state index contributed by atoms with van der Waals surface area (Å²) in [6.45, 7) is 6.26. The van der Waals surface area contributed by atoms with E-state index in [-0.39, 0.29) is 31.1 Å². The van der Waals surface area contributed by atoms with Gasteiger partial charge in [0.05, 0.1) is 0 Å². The van der Waals surface area contributed by atoms with Crippen LogP contribution in [0.25, 0.3) is 0 Å². The molecule has 0 aliphatic heterocycles. The molecule has 1 unspecified atom stereocenters. The largest absolute Gasteiger partial charge is 0.462 e. The summed E-state index contributed by atoms with van der Waals surface area (Å²) in [6, 6.07) is 0.